The van der Waals surface area contributed by atoms with Gasteiger partial charge in [-0.1, -0.05) is 13.3 Å². The summed E-state index contributed by atoms with van der Waals surface area (Å²) in [5, 5.41) is 3.66. The lowest BCUT2D eigenvalue weighted by Gasteiger charge is -2.40. The van der Waals surface area contributed by atoms with Gasteiger partial charge in [-0.15, -0.1) is 0 Å². The molecule has 2 rings (SSSR count). The van der Waals surface area contributed by atoms with Crippen LogP contribution in [0.2, 0.25) is 0 Å². The van der Waals surface area contributed by atoms with Crippen molar-refractivity contribution in [2.24, 2.45) is 0 Å². The maximum Gasteiger partial charge on any atom is 0.338 e. The Morgan fingerprint density at radius 2 is 1.70 bits per heavy atom. The first-order valence-corrected chi connectivity index (χ1v) is 12.4. The zero-order valence-corrected chi connectivity index (χ0v) is 21.2. The van der Waals surface area contributed by atoms with Crippen LogP contribution < -0.4 is 5.32 Å². The molecule has 1 fully saturated rings. The van der Waals surface area contributed by atoms with Crippen LogP contribution in [0.15, 0.2) is 24.3 Å². The van der Waals surface area contributed by atoms with Crippen LogP contribution >= 0.6 is 0 Å². The molecule has 1 heterocycles. The lowest BCUT2D eigenvalue weighted by Crippen LogP contribution is -2.52. The highest BCUT2D eigenvalue weighted by Gasteiger charge is 2.23. The van der Waals surface area contributed by atoms with E-state index in [-0.39, 0.29) is 18.1 Å². The zero-order chi connectivity index (χ0) is 24.3. The Morgan fingerprint density at radius 3 is 2.27 bits per heavy atom. The quantitative estimate of drug-likeness (QED) is 0.362. The standard InChI is InChI=1S/C26H43N3O4/c1-6-10-23(27-22-14-12-21(13-15-22)25(31)33-26(3,4)5)29-19-17-28(18-20-29)16-9-8-11-24(30)32-7-2/h12-15,23,27H,6-11,16-20H2,1-5H3. The van der Waals surface area contributed by atoms with Crippen LogP contribution in [0.25, 0.3) is 0 Å². The monoisotopic (exact) mass is 461 g/mol. The molecule has 7 heteroatoms. The van der Waals surface area contributed by atoms with Crippen LogP contribution in [-0.4, -0.2) is 72.8 Å². The number of anilines is 1. The Morgan fingerprint density at radius 1 is 1.03 bits per heavy atom. The average molecular weight is 462 g/mol. The first kappa shape index (κ1) is 27.1. The number of hydrogen-bond acceptors (Lipinski definition) is 7. The lowest BCUT2D eigenvalue weighted by molar-refractivity contribution is -0.143. The molecule has 33 heavy (non-hydrogen) atoms. The summed E-state index contributed by atoms with van der Waals surface area (Å²) in [6.07, 6.45) is 4.86. The minimum atomic E-state index is -0.497. The molecule has 7 nitrogen and oxygen atoms in total. The van der Waals surface area contributed by atoms with Crippen LogP contribution in [0, 0.1) is 0 Å². The van der Waals surface area contributed by atoms with E-state index in [0.29, 0.717) is 18.6 Å². The molecule has 1 unspecified atom stereocenters. The van der Waals surface area contributed by atoms with E-state index in [1.807, 2.05) is 52.0 Å². The maximum atomic E-state index is 12.3. The van der Waals surface area contributed by atoms with Gasteiger partial charge in [0.15, 0.2) is 0 Å². The first-order chi connectivity index (χ1) is 15.7. The third-order valence-electron chi connectivity index (χ3n) is 5.67. The van der Waals surface area contributed by atoms with Gasteiger partial charge in [0.05, 0.1) is 18.3 Å². The van der Waals surface area contributed by atoms with Crippen molar-refractivity contribution in [3.05, 3.63) is 29.8 Å². The number of carbonyl (C=O) groups is 2. The number of hydrogen-bond donors (Lipinski definition) is 1. The minimum Gasteiger partial charge on any atom is -0.466 e. The highest BCUT2D eigenvalue weighted by atomic mass is 16.6. The molecule has 1 aliphatic heterocycles. The molecule has 1 aliphatic rings. The molecule has 1 saturated heterocycles. The first-order valence-electron chi connectivity index (χ1n) is 12.4. The van der Waals surface area contributed by atoms with Crippen LogP contribution in [0.4, 0.5) is 5.69 Å². The molecule has 1 N–H and O–H groups in total. The largest absolute Gasteiger partial charge is 0.466 e. The van der Waals surface area contributed by atoms with Crippen molar-refractivity contribution in [3.63, 3.8) is 0 Å². The van der Waals surface area contributed by atoms with E-state index < -0.39 is 5.60 Å². The normalized spacial score (nSPS) is 16.3. The third kappa shape index (κ3) is 10.1. The summed E-state index contributed by atoms with van der Waals surface area (Å²) in [5.41, 5.74) is 1.09. The van der Waals surface area contributed by atoms with Gasteiger partial charge in [0.25, 0.3) is 0 Å². The molecule has 0 spiro atoms. The van der Waals surface area contributed by atoms with Crippen LogP contribution in [0.1, 0.15) is 77.1 Å². The zero-order valence-electron chi connectivity index (χ0n) is 21.2. The number of ether oxygens (including phenoxy) is 2. The van der Waals surface area contributed by atoms with Gasteiger partial charge in [-0.3, -0.25) is 9.69 Å². The number of rotatable bonds is 12. The molecular formula is C26H43N3O4. The van der Waals surface area contributed by atoms with Gasteiger partial charge in [0.1, 0.15) is 5.60 Å². The molecule has 1 aromatic rings. The van der Waals surface area contributed by atoms with Crippen LogP contribution in [0.3, 0.4) is 0 Å². The second kappa shape index (κ2) is 13.6. The summed E-state index contributed by atoms with van der Waals surface area (Å²) in [6.45, 7) is 15.3. The van der Waals surface area contributed by atoms with E-state index in [0.717, 1.165) is 64.1 Å². The van der Waals surface area contributed by atoms with Gasteiger partial charge >= 0.3 is 11.9 Å². The Hall–Kier alpha value is -2.12. The van der Waals surface area contributed by atoms with Gasteiger partial charge in [-0.2, -0.15) is 0 Å². The molecule has 0 radical (unpaired) electrons. The summed E-state index contributed by atoms with van der Waals surface area (Å²) >= 11 is 0. The number of esters is 2. The number of piperazine rings is 1. The van der Waals surface area contributed by atoms with E-state index in [2.05, 4.69) is 22.0 Å². The Kier molecular flexibility index (Phi) is 11.1. The van der Waals surface area contributed by atoms with Crippen molar-refractivity contribution < 1.29 is 19.1 Å². The number of benzene rings is 1. The van der Waals surface area contributed by atoms with Gasteiger partial charge in [0, 0.05) is 38.3 Å². The number of nitrogens with zero attached hydrogens (tertiary/aromatic N) is 2. The fourth-order valence-corrected chi connectivity index (χ4v) is 3.99. The molecule has 1 aromatic carbocycles. The molecule has 0 amide bonds. The van der Waals surface area contributed by atoms with Crippen molar-refractivity contribution in [1.29, 1.82) is 0 Å². The summed E-state index contributed by atoms with van der Waals surface area (Å²) < 4.78 is 10.4. The van der Waals surface area contributed by atoms with Crippen molar-refractivity contribution in [1.82, 2.24) is 9.80 Å². The highest BCUT2D eigenvalue weighted by molar-refractivity contribution is 5.90. The Labute approximate surface area is 199 Å². The summed E-state index contributed by atoms with van der Waals surface area (Å²) in [5.74, 6) is -0.382. The van der Waals surface area contributed by atoms with E-state index in [1.165, 1.54) is 0 Å². The van der Waals surface area contributed by atoms with E-state index in [1.54, 1.807) is 0 Å². The molecule has 1 atom stereocenters. The van der Waals surface area contributed by atoms with Gasteiger partial charge in [-0.25, -0.2) is 4.79 Å². The number of carbonyl (C=O) groups excluding carboxylic acids is 2. The fraction of sp³-hybridized carbons (Fsp3) is 0.692. The van der Waals surface area contributed by atoms with Gasteiger partial charge in [-0.05, 0) is 77.8 Å². The number of unbranched alkanes of at least 4 members (excludes halogenated alkanes) is 1. The average Bonchev–Trinajstić information content (AvgIpc) is 2.76. The van der Waals surface area contributed by atoms with Crippen molar-refractivity contribution in [2.75, 3.05) is 44.6 Å². The maximum absolute atomic E-state index is 12.3. The third-order valence-corrected chi connectivity index (χ3v) is 5.67. The Balaban J connectivity index is 1.80. The molecule has 186 valence electrons. The molecule has 0 aromatic heterocycles. The summed E-state index contributed by atoms with van der Waals surface area (Å²) in [4.78, 5) is 28.7. The van der Waals surface area contributed by atoms with E-state index in [4.69, 9.17) is 9.47 Å². The van der Waals surface area contributed by atoms with Crippen molar-refractivity contribution >= 4 is 17.6 Å². The summed E-state index contributed by atoms with van der Waals surface area (Å²) in [7, 11) is 0. The predicted octanol–water partition coefficient (Wildman–Crippen LogP) is 4.53. The smallest absolute Gasteiger partial charge is 0.338 e. The second-order valence-corrected chi connectivity index (χ2v) is 9.67. The predicted molar refractivity (Wildman–Crippen MR) is 132 cm³/mol. The second-order valence-electron chi connectivity index (χ2n) is 9.67. The lowest BCUT2D eigenvalue weighted by atomic mass is 10.1. The highest BCUT2D eigenvalue weighted by Crippen LogP contribution is 2.19. The van der Waals surface area contributed by atoms with Crippen LogP contribution in [0.5, 0.6) is 0 Å². The molecule has 0 saturated carbocycles. The number of nitrogens with one attached hydrogen (secondary N) is 1. The van der Waals surface area contributed by atoms with Crippen molar-refractivity contribution in [2.45, 2.75) is 78.5 Å². The van der Waals surface area contributed by atoms with Crippen molar-refractivity contribution in [3.8, 4) is 0 Å². The molecular weight excluding hydrogens is 418 g/mol. The van der Waals surface area contributed by atoms with Gasteiger partial charge < -0.3 is 19.7 Å². The van der Waals surface area contributed by atoms with E-state index >= 15 is 0 Å². The fourth-order valence-electron chi connectivity index (χ4n) is 3.99. The molecule has 0 aliphatic carbocycles. The van der Waals surface area contributed by atoms with E-state index in [9.17, 15) is 9.59 Å². The SMILES string of the molecule is CCCC(Nc1ccc(C(=O)OC(C)(C)C)cc1)N1CCN(CCCCC(=O)OCC)CC1. The van der Waals surface area contributed by atoms with Gasteiger partial charge in [0.2, 0.25) is 0 Å². The Bertz CT molecular complexity index is 722. The summed E-state index contributed by atoms with van der Waals surface area (Å²) in [6, 6.07) is 7.57. The minimum absolute atomic E-state index is 0.0880. The molecule has 0 bridgehead atoms. The van der Waals surface area contributed by atoms with Crippen LogP contribution in [-0.2, 0) is 14.3 Å². The topological polar surface area (TPSA) is 71.1 Å².